The largest absolute Gasteiger partial charge is 0.453 e. The monoisotopic (exact) mass is 662 g/mol. The zero-order chi connectivity index (χ0) is 33.0. The predicted molar refractivity (Wildman–Crippen MR) is 163 cm³/mol. The Kier molecular flexibility index (Phi) is 10.3. The molecule has 0 spiro atoms. The topological polar surface area (TPSA) is 117 Å². The number of amides is 2. The summed E-state index contributed by atoms with van der Waals surface area (Å²) >= 11 is 0. The lowest BCUT2D eigenvalue weighted by atomic mass is 9.84. The van der Waals surface area contributed by atoms with Crippen LogP contribution >= 0.6 is 0 Å². The van der Waals surface area contributed by atoms with Crippen molar-refractivity contribution in [2.75, 3.05) is 31.3 Å². The van der Waals surface area contributed by atoms with Crippen molar-refractivity contribution in [1.29, 1.82) is 0 Å². The van der Waals surface area contributed by atoms with Crippen LogP contribution in [0.25, 0.3) is 0 Å². The van der Waals surface area contributed by atoms with Crippen molar-refractivity contribution >= 4 is 27.7 Å². The average molecular weight is 663 g/mol. The number of hydrogen-bond acceptors (Lipinski definition) is 6. The second-order valence-electron chi connectivity index (χ2n) is 11.4. The van der Waals surface area contributed by atoms with Gasteiger partial charge in [0.25, 0.3) is 0 Å². The maximum Gasteiger partial charge on any atom is 0.407 e. The standard InChI is InChI=1S/C32H34F4N4O5S/c1-45-32(42)39-30(29(19-7-9-21(33)10-8-19)20-14-22(34)16-23(35)15-20)31(41)38-28-6-2-5-27(36)26(28)12-11-25-17-37-24-4-3-13-46(43,44)40(25)18-24/h2,5-10,14-16,24-25,29-30,37H,3-4,11-13,17-18H2,1H3,(H,38,41)(H,39,42)/t24?,25?,29-,30-/m0/s1. The number of rotatable bonds is 9. The van der Waals surface area contributed by atoms with Crippen molar-refractivity contribution < 1.29 is 40.3 Å². The molecular weight excluding hydrogens is 628 g/mol. The van der Waals surface area contributed by atoms with Gasteiger partial charge in [0.2, 0.25) is 15.9 Å². The van der Waals surface area contributed by atoms with Gasteiger partial charge in [0, 0.05) is 48.4 Å². The summed E-state index contributed by atoms with van der Waals surface area (Å²) in [6.07, 6.45) is 0.581. The lowest BCUT2D eigenvalue weighted by molar-refractivity contribution is -0.118. The van der Waals surface area contributed by atoms with Gasteiger partial charge in [0.15, 0.2) is 0 Å². The summed E-state index contributed by atoms with van der Waals surface area (Å²) < 4.78 is 90.0. The van der Waals surface area contributed by atoms with E-state index in [1.54, 1.807) is 0 Å². The van der Waals surface area contributed by atoms with Gasteiger partial charge in [0.05, 0.1) is 12.9 Å². The maximum atomic E-state index is 15.3. The Balaban J connectivity index is 1.46. The summed E-state index contributed by atoms with van der Waals surface area (Å²) in [5.41, 5.74) is 0.369. The lowest BCUT2D eigenvalue weighted by Crippen LogP contribution is -2.57. The first-order valence-corrected chi connectivity index (χ1v) is 16.4. The van der Waals surface area contributed by atoms with Gasteiger partial charge < -0.3 is 20.7 Å². The van der Waals surface area contributed by atoms with Gasteiger partial charge in [-0.3, -0.25) is 4.79 Å². The van der Waals surface area contributed by atoms with E-state index in [0.29, 0.717) is 25.6 Å². The van der Waals surface area contributed by atoms with Crippen LogP contribution in [0.5, 0.6) is 0 Å². The third-order valence-electron chi connectivity index (χ3n) is 8.41. The number of piperazine rings is 1. The zero-order valence-electron chi connectivity index (χ0n) is 24.9. The molecule has 5 atom stereocenters. The minimum absolute atomic E-state index is 0.0399. The molecular formula is C32H34F4N4O5S. The van der Waals surface area contributed by atoms with E-state index in [1.807, 2.05) is 0 Å². The van der Waals surface area contributed by atoms with Crippen molar-refractivity contribution in [2.45, 2.75) is 49.7 Å². The number of ether oxygens (including phenoxy) is 1. The SMILES string of the molecule is COC(=O)N[C@H](C(=O)Nc1cccc(F)c1CCC1CNC2CCCS(=O)(=O)N1C2)[C@@H](c1ccc(F)cc1)c1cc(F)cc(F)c1. The third-order valence-corrected chi connectivity index (χ3v) is 10.4. The second kappa shape index (κ2) is 14.2. The first-order chi connectivity index (χ1) is 21.9. The fourth-order valence-corrected chi connectivity index (χ4v) is 7.99. The van der Waals surface area contributed by atoms with Crippen LogP contribution in [-0.4, -0.2) is 68.8 Å². The highest BCUT2D eigenvalue weighted by Crippen LogP contribution is 2.32. The number of nitrogens with zero attached hydrogens (tertiary/aromatic N) is 1. The van der Waals surface area contributed by atoms with E-state index in [1.165, 1.54) is 34.6 Å². The molecule has 2 saturated heterocycles. The fourth-order valence-electron chi connectivity index (χ4n) is 6.18. The van der Waals surface area contributed by atoms with Crippen molar-refractivity contribution in [3.05, 3.63) is 101 Å². The molecule has 3 aromatic carbocycles. The molecule has 2 aliphatic rings. The molecule has 0 aromatic heterocycles. The number of halogens is 4. The number of anilines is 1. The third kappa shape index (κ3) is 7.68. The van der Waals surface area contributed by atoms with Crippen LogP contribution in [0, 0.1) is 23.3 Å². The molecule has 2 aliphatic heterocycles. The first kappa shape index (κ1) is 33.4. The molecule has 3 aromatic rings. The molecule has 246 valence electrons. The number of alkyl carbamates (subject to hydrolysis) is 1. The summed E-state index contributed by atoms with van der Waals surface area (Å²) in [5.74, 6) is -5.20. The zero-order valence-corrected chi connectivity index (χ0v) is 25.8. The summed E-state index contributed by atoms with van der Waals surface area (Å²) in [7, 11) is -2.41. The normalized spacial score (nSPS) is 21.8. The minimum atomic E-state index is -3.48. The molecule has 3 N–H and O–H groups in total. The van der Waals surface area contributed by atoms with Crippen molar-refractivity contribution in [3.8, 4) is 0 Å². The molecule has 2 amide bonds. The Labute approximate surface area is 264 Å². The Morgan fingerprint density at radius 3 is 2.41 bits per heavy atom. The molecule has 0 radical (unpaired) electrons. The van der Waals surface area contributed by atoms with Gasteiger partial charge in [-0.25, -0.2) is 30.8 Å². The van der Waals surface area contributed by atoms with Crippen LogP contribution < -0.4 is 16.0 Å². The summed E-state index contributed by atoms with van der Waals surface area (Å²) in [5, 5.41) is 8.42. The predicted octanol–water partition coefficient (Wildman–Crippen LogP) is 4.44. The number of carbonyl (C=O) groups excluding carboxylic acids is 2. The highest BCUT2D eigenvalue weighted by molar-refractivity contribution is 7.89. The molecule has 3 unspecified atom stereocenters. The van der Waals surface area contributed by atoms with E-state index in [2.05, 4.69) is 16.0 Å². The minimum Gasteiger partial charge on any atom is -0.453 e. The van der Waals surface area contributed by atoms with Crippen molar-refractivity contribution in [3.63, 3.8) is 0 Å². The number of nitrogens with one attached hydrogen (secondary N) is 3. The Hall–Kier alpha value is -4.01. The summed E-state index contributed by atoms with van der Waals surface area (Å²) in [4.78, 5) is 26.4. The quantitative estimate of drug-likeness (QED) is 0.292. The van der Waals surface area contributed by atoms with Gasteiger partial charge in [-0.05, 0) is 73.2 Å². The Bertz CT molecular complexity index is 1670. The average Bonchev–Trinajstić information content (AvgIpc) is 3.12. The highest BCUT2D eigenvalue weighted by Gasteiger charge is 2.38. The lowest BCUT2D eigenvalue weighted by Gasteiger charge is -2.37. The van der Waals surface area contributed by atoms with Gasteiger partial charge >= 0.3 is 6.09 Å². The van der Waals surface area contributed by atoms with Crippen molar-refractivity contribution in [1.82, 2.24) is 14.9 Å². The maximum absolute atomic E-state index is 15.3. The van der Waals surface area contributed by atoms with Gasteiger partial charge in [-0.2, -0.15) is 4.31 Å². The number of sulfonamides is 1. The van der Waals surface area contributed by atoms with Crippen LogP contribution in [0.3, 0.4) is 0 Å². The highest BCUT2D eigenvalue weighted by atomic mass is 32.2. The van der Waals surface area contributed by atoms with Crippen LogP contribution in [-0.2, 0) is 26.0 Å². The molecule has 5 rings (SSSR count). The van der Waals surface area contributed by atoms with Gasteiger partial charge in [-0.15, -0.1) is 0 Å². The van der Waals surface area contributed by atoms with E-state index in [0.717, 1.165) is 37.8 Å². The van der Waals surface area contributed by atoms with E-state index in [4.69, 9.17) is 4.74 Å². The number of benzene rings is 3. The van der Waals surface area contributed by atoms with Crippen LogP contribution in [0.15, 0.2) is 60.7 Å². The Morgan fingerprint density at radius 1 is 1.00 bits per heavy atom. The molecule has 0 aliphatic carbocycles. The van der Waals surface area contributed by atoms with Crippen LogP contribution in [0.1, 0.15) is 41.9 Å². The first-order valence-electron chi connectivity index (χ1n) is 14.8. The molecule has 46 heavy (non-hydrogen) atoms. The molecule has 2 bridgehead atoms. The van der Waals surface area contributed by atoms with E-state index in [-0.39, 0.29) is 47.0 Å². The van der Waals surface area contributed by atoms with E-state index in [9.17, 15) is 31.2 Å². The Morgan fingerprint density at radius 2 is 1.72 bits per heavy atom. The summed E-state index contributed by atoms with van der Waals surface area (Å²) in [6, 6.07) is 9.55. The molecule has 14 heteroatoms. The molecule has 2 heterocycles. The van der Waals surface area contributed by atoms with Crippen molar-refractivity contribution in [2.24, 2.45) is 0 Å². The van der Waals surface area contributed by atoms with E-state index < -0.39 is 63.3 Å². The van der Waals surface area contributed by atoms with Gasteiger partial charge in [-0.1, -0.05) is 18.2 Å². The summed E-state index contributed by atoms with van der Waals surface area (Å²) in [6.45, 7) is 0.731. The number of hydrogen-bond donors (Lipinski definition) is 3. The number of carbonyl (C=O) groups is 2. The second-order valence-corrected chi connectivity index (χ2v) is 13.5. The number of methoxy groups -OCH3 is 1. The number of fused-ring (bicyclic) bond motifs is 2. The van der Waals surface area contributed by atoms with Crippen LogP contribution in [0.4, 0.5) is 28.0 Å². The fraction of sp³-hybridized carbons (Fsp3) is 0.375. The smallest absolute Gasteiger partial charge is 0.407 e. The van der Waals surface area contributed by atoms with Crippen LogP contribution in [0.2, 0.25) is 0 Å². The molecule has 9 nitrogen and oxygen atoms in total. The molecule has 0 saturated carbocycles. The van der Waals surface area contributed by atoms with Gasteiger partial charge in [0.1, 0.15) is 29.3 Å². The molecule has 2 fully saturated rings. The van der Waals surface area contributed by atoms with E-state index >= 15 is 4.39 Å².